The molecule has 0 saturated heterocycles. The topological polar surface area (TPSA) is 26.0 Å². The molecule has 2 N–H and O–H groups in total. The molecule has 1 rings (SSSR count). The maximum Gasteiger partial charge on any atom is 0.00413 e. The molecule has 108 valence electrons. The summed E-state index contributed by atoms with van der Waals surface area (Å²) in [6.45, 7) is 7.10. The minimum atomic E-state index is 0.448. The smallest absolute Gasteiger partial charge is 0.00413 e. The van der Waals surface area contributed by atoms with Crippen LogP contribution < -0.4 is 5.73 Å². The van der Waals surface area contributed by atoms with Crippen molar-refractivity contribution in [1.29, 1.82) is 0 Å². The summed E-state index contributed by atoms with van der Waals surface area (Å²) in [7, 11) is 0. The van der Waals surface area contributed by atoms with Gasteiger partial charge in [-0.05, 0) is 30.6 Å². The maximum atomic E-state index is 6.17. The molecule has 1 heteroatoms. The van der Waals surface area contributed by atoms with E-state index in [9.17, 15) is 0 Å². The molecule has 1 aliphatic rings. The van der Waals surface area contributed by atoms with Crippen LogP contribution in [-0.4, -0.2) is 6.04 Å². The standard InChI is InChI=1S/C17H35N/c1-4-5-12-17(18)13-14(2)8-6-9-15(3)16-10-7-11-16/h14-17H,4-13,18H2,1-3H3/t14-,15?,17?/m1/s1. The van der Waals surface area contributed by atoms with Crippen LogP contribution in [0.3, 0.4) is 0 Å². The molecule has 1 aliphatic carbocycles. The normalized spacial score (nSPS) is 21.3. The Morgan fingerprint density at radius 1 is 1.06 bits per heavy atom. The van der Waals surface area contributed by atoms with Crippen LogP contribution in [0.5, 0.6) is 0 Å². The second-order valence-electron chi connectivity index (χ2n) is 6.84. The first-order valence-electron chi connectivity index (χ1n) is 8.39. The zero-order chi connectivity index (χ0) is 13.4. The molecule has 18 heavy (non-hydrogen) atoms. The predicted octanol–water partition coefficient (Wildman–Crippen LogP) is 5.14. The molecule has 0 amide bonds. The Kier molecular flexibility index (Phi) is 7.97. The van der Waals surface area contributed by atoms with E-state index in [2.05, 4.69) is 20.8 Å². The van der Waals surface area contributed by atoms with Crippen molar-refractivity contribution in [3.63, 3.8) is 0 Å². The fraction of sp³-hybridized carbons (Fsp3) is 1.00. The Labute approximate surface area is 115 Å². The number of unbranched alkanes of at least 4 members (excludes halogenated alkanes) is 1. The minimum Gasteiger partial charge on any atom is -0.328 e. The van der Waals surface area contributed by atoms with Gasteiger partial charge in [-0.15, -0.1) is 0 Å². The third-order valence-corrected chi connectivity index (χ3v) is 4.94. The number of rotatable bonds is 10. The summed E-state index contributed by atoms with van der Waals surface area (Å²) in [6.07, 6.45) is 13.8. The lowest BCUT2D eigenvalue weighted by Crippen LogP contribution is -2.23. The van der Waals surface area contributed by atoms with Crippen molar-refractivity contribution in [2.24, 2.45) is 23.5 Å². The van der Waals surface area contributed by atoms with Gasteiger partial charge in [-0.25, -0.2) is 0 Å². The van der Waals surface area contributed by atoms with Crippen molar-refractivity contribution in [3.8, 4) is 0 Å². The van der Waals surface area contributed by atoms with Crippen molar-refractivity contribution < 1.29 is 0 Å². The Bertz CT molecular complexity index is 198. The van der Waals surface area contributed by atoms with Crippen LogP contribution in [-0.2, 0) is 0 Å². The Morgan fingerprint density at radius 3 is 2.33 bits per heavy atom. The van der Waals surface area contributed by atoms with E-state index < -0.39 is 0 Å². The zero-order valence-corrected chi connectivity index (χ0v) is 13.0. The lowest BCUT2D eigenvalue weighted by molar-refractivity contribution is 0.204. The molecule has 3 atom stereocenters. The van der Waals surface area contributed by atoms with Gasteiger partial charge in [-0.1, -0.05) is 72.1 Å². The third kappa shape index (κ3) is 6.22. The van der Waals surface area contributed by atoms with Crippen molar-refractivity contribution in [3.05, 3.63) is 0 Å². The molecule has 0 bridgehead atoms. The summed E-state index contributed by atoms with van der Waals surface area (Å²) in [6, 6.07) is 0.448. The molecule has 0 aromatic rings. The average Bonchev–Trinajstić information content (AvgIpc) is 2.23. The number of nitrogens with two attached hydrogens (primary N) is 1. The Hall–Kier alpha value is -0.0400. The quantitative estimate of drug-likeness (QED) is 0.573. The second-order valence-corrected chi connectivity index (χ2v) is 6.84. The van der Waals surface area contributed by atoms with Crippen LogP contribution in [0.2, 0.25) is 0 Å². The Balaban J connectivity index is 1.99. The van der Waals surface area contributed by atoms with Gasteiger partial charge in [-0.3, -0.25) is 0 Å². The van der Waals surface area contributed by atoms with Gasteiger partial charge in [0.05, 0.1) is 0 Å². The largest absolute Gasteiger partial charge is 0.328 e. The zero-order valence-electron chi connectivity index (χ0n) is 13.0. The van der Waals surface area contributed by atoms with Crippen LogP contribution in [0.1, 0.15) is 85.0 Å². The van der Waals surface area contributed by atoms with Gasteiger partial charge in [0.1, 0.15) is 0 Å². The highest BCUT2D eigenvalue weighted by atomic mass is 14.6. The van der Waals surface area contributed by atoms with E-state index in [0.29, 0.717) is 6.04 Å². The molecular weight excluding hydrogens is 218 g/mol. The summed E-state index contributed by atoms with van der Waals surface area (Å²) in [5.74, 6) is 2.86. The molecule has 0 aromatic heterocycles. The summed E-state index contributed by atoms with van der Waals surface area (Å²) in [5.41, 5.74) is 6.17. The van der Waals surface area contributed by atoms with Crippen molar-refractivity contribution in [1.82, 2.24) is 0 Å². The van der Waals surface area contributed by atoms with Crippen LogP contribution in [0.4, 0.5) is 0 Å². The van der Waals surface area contributed by atoms with Gasteiger partial charge in [0.15, 0.2) is 0 Å². The third-order valence-electron chi connectivity index (χ3n) is 4.94. The monoisotopic (exact) mass is 253 g/mol. The van der Waals surface area contributed by atoms with E-state index >= 15 is 0 Å². The predicted molar refractivity (Wildman–Crippen MR) is 81.6 cm³/mol. The summed E-state index contributed by atoms with van der Waals surface area (Å²) in [5, 5.41) is 0. The maximum absolute atomic E-state index is 6.17. The minimum absolute atomic E-state index is 0.448. The van der Waals surface area contributed by atoms with Gasteiger partial charge in [0.25, 0.3) is 0 Å². The van der Waals surface area contributed by atoms with Gasteiger partial charge >= 0.3 is 0 Å². The van der Waals surface area contributed by atoms with E-state index in [4.69, 9.17) is 5.73 Å². The van der Waals surface area contributed by atoms with Crippen LogP contribution >= 0.6 is 0 Å². The average molecular weight is 253 g/mol. The van der Waals surface area contributed by atoms with E-state index in [1.165, 1.54) is 64.2 Å². The molecule has 1 fully saturated rings. The fourth-order valence-corrected chi connectivity index (χ4v) is 3.25. The summed E-state index contributed by atoms with van der Waals surface area (Å²) < 4.78 is 0. The molecule has 1 saturated carbocycles. The van der Waals surface area contributed by atoms with E-state index in [1.807, 2.05) is 0 Å². The summed E-state index contributed by atoms with van der Waals surface area (Å²) >= 11 is 0. The lowest BCUT2D eigenvalue weighted by atomic mass is 9.74. The van der Waals surface area contributed by atoms with Crippen LogP contribution in [0.25, 0.3) is 0 Å². The molecule has 0 aliphatic heterocycles. The number of hydrogen-bond donors (Lipinski definition) is 1. The second kappa shape index (κ2) is 8.96. The van der Waals surface area contributed by atoms with Crippen molar-refractivity contribution in [2.45, 2.75) is 91.0 Å². The van der Waals surface area contributed by atoms with E-state index in [0.717, 1.165) is 17.8 Å². The SMILES string of the molecule is CCCCC(N)C[C@H](C)CCCC(C)C1CCC1. The molecule has 2 unspecified atom stereocenters. The van der Waals surface area contributed by atoms with E-state index in [-0.39, 0.29) is 0 Å². The van der Waals surface area contributed by atoms with Gasteiger partial charge in [-0.2, -0.15) is 0 Å². The van der Waals surface area contributed by atoms with Gasteiger partial charge in [0.2, 0.25) is 0 Å². The highest BCUT2D eigenvalue weighted by Crippen LogP contribution is 2.35. The van der Waals surface area contributed by atoms with Crippen molar-refractivity contribution >= 4 is 0 Å². The molecule has 1 nitrogen and oxygen atoms in total. The van der Waals surface area contributed by atoms with Crippen molar-refractivity contribution in [2.75, 3.05) is 0 Å². The molecular formula is C17H35N. The molecule has 0 heterocycles. The summed E-state index contributed by atoms with van der Waals surface area (Å²) in [4.78, 5) is 0. The first-order valence-corrected chi connectivity index (χ1v) is 8.39. The van der Waals surface area contributed by atoms with Crippen LogP contribution in [0.15, 0.2) is 0 Å². The van der Waals surface area contributed by atoms with E-state index in [1.54, 1.807) is 0 Å². The number of hydrogen-bond acceptors (Lipinski definition) is 1. The molecule has 0 spiro atoms. The highest BCUT2D eigenvalue weighted by Gasteiger charge is 2.23. The first kappa shape index (κ1) is 16.0. The van der Waals surface area contributed by atoms with Gasteiger partial charge < -0.3 is 5.73 Å². The Morgan fingerprint density at radius 2 is 1.78 bits per heavy atom. The fourth-order valence-electron chi connectivity index (χ4n) is 3.25. The first-order chi connectivity index (χ1) is 8.63. The van der Waals surface area contributed by atoms with Crippen LogP contribution in [0, 0.1) is 17.8 Å². The highest BCUT2D eigenvalue weighted by molar-refractivity contribution is 4.75. The molecule has 0 radical (unpaired) electrons. The molecule has 0 aromatic carbocycles. The lowest BCUT2D eigenvalue weighted by Gasteiger charge is -2.31. The van der Waals surface area contributed by atoms with Gasteiger partial charge in [0, 0.05) is 6.04 Å².